The zero-order valence-electron chi connectivity index (χ0n) is 16.6. The number of ether oxygens (including phenoxy) is 1. The van der Waals surface area contributed by atoms with E-state index in [2.05, 4.69) is 0 Å². The topological polar surface area (TPSA) is 72.8 Å². The van der Waals surface area contributed by atoms with Crippen LogP contribution in [0, 0.1) is 5.92 Å². The molecule has 0 aliphatic carbocycles. The summed E-state index contributed by atoms with van der Waals surface area (Å²) < 4.78 is 62.5. The Morgan fingerprint density at radius 3 is 2.13 bits per heavy atom. The molecule has 0 spiro atoms. The molecule has 5 nitrogen and oxygen atoms in total. The molecule has 0 saturated heterocycles. The standard InChI is InChI=1S/C21H24F3O5P/c1-3-28-20(26)18(14-30(27,29-4-2)17-8-6-5-7-9-17)19(25)15-10-12-16(13-11-15)21(22,23)24/h5-13,18-19,25H,3-4,14H2,1-2H3. The normalized spacial score (nSPS) is 15.8. The maximum atomic E-state index is 13.6. The highest BCUT2D eigenvalue weighted by atomic mass is 31.2. The first-order chi connectivity index (χ1) is 14.1. The van der Waals surface area contributed by atoms with Crippen LogP contribution in [0.2, 0.25) is 0 Å². The van der Waals surface area contributed by atoms with Crippen LogP contribution in [-0.4, -0.2) is 30.5 Å². The first-order valence-corrected chi connectivity index (χ1v) is 11.2. The SMILES string of the molecule is CCOC(=O)C(CP(=O)(OCC)c1ccccc1)C(O)c1ccc(C(F)(F)F)cc1. The van der Waals surface area contributed by atoms with Gasteiger partial charge in [0.1, 0.15) is 0 Å². The zero-order valence-corrected chi connectivity index (χ0v) is 17.5. The summed E-state index contributed by atoms with van der Waals surface area (Å²) in [6.45, 7) is 3.37. The van der Waals surface area contributed by atoms with E-state index in [9.17, 15) is 27.6 Å². The van der Waals surface area contributed by atoms with Crippen molar-refractivity contribution in [2.45, 2.75) is 26.1 Å². The highest BCUT2D eigenvalue weighted by molar-refractivity contribution is 7.67. The Morgan fingerprint density at radius 2 is 1.63 bits per heavy atom. The first-order valence-electron chi connectivity index (χ1n) is 9.43. The van der Waals surface area contributed by atoms with Crippen LogP contribution in [0.25, 0.3) is 0 Å². The number of hydrogen-bond acceptors (Lipinski definition) is 5. The molecule has 2 aromatic carbocycles. The van der Waals surface area contributed by atoms with E-state index in [1.807, 2.05) is 0 Å². The Labute approximate surface area is 173 Å². The number of aliphatic hydroxyl groups is 1. The number of halogens is 3. The van der Waals surface area contributed by atoms with E-state index in [1.165, 1.54) is 0 Å². The summed E-state index contributed by atoms with van der Waals surface area (Å²) in [6, 6.07) is 12.1. The number of aliphatic hydroxyl groups excluding tert-OH is 1. The molecule has 0 fully saturated rings. The van der Waals surface area contributed by atoms with Gasteiger partial charge in [-0.05, 0) is 43.7 Å². The smallest absolute Gasteiger partial charge is 0.416 e. The van der Waals surface area contributed by atoms with Crippen molar-refractivity contribution < 1.29 is 36.9 Å². The summed E-state index contributed by atoms with van der Waals surface area (Å²) in [5, 5.41) is 11.2. The second-order valence-electron chi connectivity index (χ2n) is 6.53. The van der Waals surface area contributed by atoms with Crippen LogP contribution in [0.5, 0.6) is 0 Å². The molecule has 0 amide bonds. The van der Waals surface area contributed by atoms with Crippen LogP contribution in [-0.2, 0) is 24.8 Å². The average Bonchev–Trinajstić information content (AvgIpc) is 2.72. The van der Waals surface area contributed by atoms with Crippen LogP contribution in [0.1, 0.15) is 31.1 Å². The molecule has 30 heavy (non-hydrogen) atoms. The van der Waals surface area contributed by atoms with Gasteiger partial charge in [0.25, 0.3) is 0 Å². The summed E-state index contributed by atoms with van der Waals surface area (Å²) in [4.78, 5) is 12.6. The predicted octanol–water partition coefficient (Wildman–Crippen LogP) is 4.56. The molecule has 0 bridgehead atoms. The summed E-state index contributed by atoms with van der Waals surface area (Å²) in [7, 11) is -3.56. The average molecular weight is 444 g/mol. The zero-order chi connectivity index (χ0) is 22.4. The molecular formula is C21H24F3O5P. The van der Waals surface area contributed by atoms with E-state index in [0.29, 0.717) is 5.30 Å². The number of carbonyl (C=O) groups excluding carboxylic acids is 1. The monoisotopic (exact) mass is 444 g/mol. The van der Waals surface area contributed by atoms with E-state index in [1.54, 1.807) is 44.2 Å². The Kier molecular flexibility index (Phi) is 8.24. The summed E-state index contributed by atoms with van der Waals surface area (Å²) in [5.41, 5.74) is -0.799. The minimum Gasteiger partial charge on any atom is -0.466 e. The number of hydrogen-bond donors (Lipinski definition) is 1. The maximum Gasteiger partial charge on any atom is 0.416 e. The van der Waals surface area contributed by atoms with Crippen molar-refractivity contribution in [1.82, 2.24) is 0 Å². The molecule has 2 aromatic rings. The van der Waals surface area contributed by atoms with Crippen molar-refractivity contribution in [1.29, 1.82) is 0 Å². The van der Waals surface area contributed by atoms with Crippen molar-refractivity contribution in [2.75, 3.05) is 19.4 Å². The fraction of sp³-hybridized carbons (Fsp3) is 0.381. The van der Waals surface area contributed by atoms with Gasteiger partial charge in [0.05, 0.1) is 30.8 Å². The lowest BCUT2D eigenvalue weighted by atomic mass is 9.96. The molecule has 0 aromatic heterocycles. The summed E-state index contributed by atoms with van der Waals surface area (Å²) in [5.74, 6) is -2.10. The Hall–Kier alpha value is -2.15. The van der Waals surface area contributed by atoms with Crippen molar-refractivity contribution in [3.63, 3.8) is 0 Å². The highest BCUT2D eigenvalue weighted by Gasteiger charge is 2.39. The lowest BCUT2D eigenvalue weighted by Crippen LogP contribution is -2.30. The van der Waals surface area contributed by atoms with Gasteiger partial charge in [0, 0.05) is 11.5 Å². The minimum absolute atomic E-state index is 0.0271. The predicted molar refractivity (Wildman–Crippen MR) is 107 cm³/mol. The van der Waals surface area contributed by atoms with Crippen LogP contribution in [0.4, 0.5) is 13.2 Å². The fourth-order valence-corrected chi connectivity index (χ4v) is 5.38. The van der Waals surface area contributed by atoms with E-state index in [4.69, 9.17) is 9.26 Å². The summed E-state index contributed by atoms with van der Waals surface area (Å²) >= 11 is 0. The number of benzene rings is 2. The van der Waals surface area contributed by atoms with Gasteiger partial charge in [0.2, 0.25) is 7.37 Å². The van der Waals surface area contributed by atoms with Gasteiger partial charge in [0.15, 0.2) is 0 Å². The lowest BCUT2D eigenvalue weighted by Gasteiger charge is -2.26. The van der Waals surface area contributed by atoms with E-state index in [0.717, 1.165) is 24.3 Å². The molecule has 1 N–H and O–H groups in total. The molecule has 3 unspecified atom stereocenters. The lowest BCUT2D eigenvalue weighted by molar-refractivity contribution is -0.151. The maximum absolute atomic E-state index is 13.6. The van der Waals surface area contributed by atoms with Crippen molar-refractivity contribution in [3.8, 4) is 0 Å². The van der Waals surface area contributed by atoms with Crippen LogP contribution >= 0.6 is 7.37 Å². The number of carbonyl (C=O) groups is 1. The van der Waals surface area contributed by atoms with Crippen molar-refractivity contribution >= 4 is 18.6 Å². The molecule has 0 aliphatic heterocycles. The van der Waals surface area contributed by atoms with E-state index < -0.39 is 37.1 Å². The summed E-state index contributed by atoms with van der Waals surface area (Å²) in [6.07, 6.45) is -6.41. The minimum atomic E-state index is -4.53. The Bertz CT molecular complexity index is 868. The fourth-order valence-electron chi connectivity index (χ4n) is 3.01. The number of esters is 1. The van der Waals surface area contributed by atoms with Gasteiger partial charge < -0.3 is 14.4 Å². The van der Waals surface area contributed by atoms with Gasteiger partial charge in [-0.25, -0.2) is 0 Å². The number of rotatable bonds is 9. The van der Waals surface area contributed by atoms with Crippen LogP contribution in [0.3, 0.4) is 0 Å². The van der Waals surface area contributed by atoms with Gasteiger partial charge in [-0.1, -0.05) is 30.3 Å². The Morgan fingerprint density at radius 1 is 1.03 bits per heavy atom. The second-order valence-corrected chi connectivity index (χ2v) is 9.02. The van der Waals surface area contributed by atoms with E-state index >= 15 is 0 Å². The Balaban J connectivity index is 2.39. The third-order valence-corrected chi connectivity index (χ3v) is 7.11. The number of alkyl halides is 3. The van der Waals surface area contributed by atoms with Gasteiger partial charge in [-0.3, -0.25) is 9.36 Å². The molecule has 9 heteroatoms. The molecule has 164 valence electrons. The quantitative estimate of drug-likeness (QED) is 0.454. The third-order valence-electron chi connectivity index (χ3n) is 4.47. The van der Waals surface area contributed by atoms with Crippen molar-refractivity contribution in [2.24, 2.45) is 5.92 Å². The molecule has 0 aliphatic rings. The van der Waals surface area contributed by atoms with Gasteiger partial charge in [-0.15, -0.1) is 0 Å². The van der Waals surface area contributed by atoms with Crippen molar-refractivity contribution in [3.05, 3.63) is 65.7 Å². The third kappa shape index (κ3) is 5.94. The highest BCUT2D eigenvalue weighted by Crippen LogP contribution is 2.49. The largest absolute Gasteiger partial charge is 0.466 e. The van der Waals surface area contributed by atoms with Gasteiger partial charge in [-0.2, -0.15) is 13.2 Å². The van der Waals surface area contributed by atoms with Gasteiger partial charge >= 0.3 is 12.1 Å². The molecule has 3 atom stereocenters. The molecule has 0 saturated carbocycles. The van der Waals surface area contributed by atoms with Crippen LogP contribution in [0.15, 0.2) is 54.6 Å². The molecular weight excluding hydrogens is 420 g/mol. The molecule has 0 heterocycles. The molecule has 2 rings (SSSR count). The second kappa shape index (κ2) is 10.2. The molecule has 0 radical (unpaired) electrons. The van der Waals surface area contributed by atoms with Crippen LogP contribution < -0.4 is 5.30 Å². The van der Waals surface area contributed by atoms with E-state index in [-0.39, 0.29) is 24.9 Å². The first kappa shape index (κ1) is 24.1.